The average molecular weight is 354 g/mol. The number of nitrogens with zero attached hydrogens (tertiary/aromatic N) is 5. The van der Waals surface area contributed by atoms with Gasteiger partial charge in [-0.15, -0.1) is 0 Å². The van der Waals surface area contributed by atoms with Crippen LogP contribution < -0.4 is 0 Å². The van der Waals surface area contributed by atoms with Crippen molar-refractivity contribution in [2.45, 2.75) is 26.1 Å². The van der Waals surface area contributed by atoms with E-state index in [1.54, 1.807) is 15.8 Å². The van der Waals surface area contributed by atoms with Crippen molar-refractivity contribution >= 4 is 17.5 Å². The van der Waals surface area contributed by atoms with Crippen LogP contribution in [0.25, 0.3) is 11.4 Å². The second-order valence-electron chi connectivity index (χ2n) is 6.04. The molecule has 0 saturated heterocycles. The van der Waals surface area contributed by atoms with Crippen LogP contribution in [-0.4, -0.2) is 30.6 Å². The molecule has 126 valence electrons. The van der Waals surface area contributed by atoms with Crippen LogP contribution in [0.3, 0.4) is 0 Å². The molecule has 25 heavy (non-hydrogen) atoms. The van der Waals surface area contributed by atoms with Crippen LogP contribution in [-0.2, 0) is 17.9 Å². The van der Waals surface area contributed by atoms with Gasteiger partial charge in [0.1, 0.15) is 6.04 Å². The van der Waals surface area contributed by atoms with Crippen molar-refractivity contribution in [2.24, 2.45) is 0 Å². The summed E-state index contributed by atoms with van der Waals surface area (Å²) in [5.74, 6) is 0.666. The van der Waals surface area contributed by atoms with Crippen molar-refractivity contribution in [1.29, 1.82) is 0 Å². The average Bonchev–Trinajstić information content (AvgIpc) is 3.26. The minimum Gasteiger partial charge on any atom is -0.330 e. The van der Waals surface area contributed by atoms with E-state index in [4.69, 9.17) is 11.6 Å². The van der Waals surface area contributed by atoms with Crippen LogP contribution in [0, 0.1) is 0 Å². The van der Waals surface area contributed by atoms with Crippen molar-refractivity contribution < 1.29 is 4.79 Å². The smallest absolute Gasteiger partial charge is 0.247 e. The van der Waals surface area contributed by atoms with Gasteiger partial charge >= 0.3 is 0 Å². The van der Waals surface area contributed by atoms with E-state index in [0.29, 0.717) is 23.9 Å². The van der Waals surface area contributed by atoms with Gasteiger partial charge in [0.15, 0.2) is 5.82 Å². The molecule has 1 aromatic carbocycles. The monoisotopic (exact) mass is 353 g/mol. The fourth-order valence-electron chi connectivity index (χ4n) is 2.94. The maximum atomic E-state index is 12.8. The van der Waals surface area contributed by atoms with Gasteiger partial charge in [0.25, 0.3) is 0 Å². The zero-order chi connectivity index (χ0) is 17.4. The number of hydrogen-bond donors (Lipinski definition) is 0. The molecule has 0 bridgehead atoms. The largest absolute Gasteiger partial charge is 0.330 e. The highest BCUT2D eigenvalue weighted by Gasteiger charge is 2.29. The molecule has 0 N–H and O–H groups in total. The van der Waals surface area contributed by atoms with E-state index >= 15 is 0 Å². The van der Waals surface area contributed by atoms with Gasteiger partial charge in [-0.2, -0.15) is 5.10 Å². The summed E-state index contributed by atoms with van der Waals surface area (Å²) in [5.41, 5.74) is 2.85. The normalized spacial score (nSPS) is 14.4. The number of aromatic nitrogens is 4. The van der Waals surface area contributed by atoms with Gasteiger partial charge in [-0.3, -0.25) is 9.48 Å². The van der Waals surface area contributed by atoms with E-state index in [0.717, 1.165) is 16.8 Å². The number of amides is 1. The molecule has 3 heterocycles. The quantitative estimate of drug-likeness (QED) is 0.725. The fourth-order valence-corrected chi connectivity index (χ4v) is 3.08. The maximum Gasteiger partial charge on any atom is 0.247 e. The van der Waals surface area contributed by atoms with Gasteiger partial charge in [-0.1, -0.05) is 41.9 Å². The molecule has 2 aromatic heterocycles. The molecule has 0 radical (unpaired) electrons. The second kappa shape index (κ2) is 6.29. The number of halogens is 1. The van der Waals surface area contributed by atoms with Crippen molar-refractivity contribution in [1.82, 2.24) is 24.6 Å². The molecule has 0 aliphatic carbocycles. The summed E-state index contributed by atoms with van der Waals surface area (Å²) >= 11 is 5.89. The van der Waals surface area contributed by atoms with Crippen molar-refractivity contribution in [3.8, 4) is 11.4 Å². The Morgan fingerprint density at radius 2 is 2.00 bits per heavy atom. The Morgan fingerprint density at radius 3 is 2.72 bits per heavy atom. The number of fused-ring (bicyclic) bond motifs is 1. The molecule has 0 fully saturated rings. The lowest BCUT2D eigenvalue weighted by Gasteiger charge is -2.20. The number of rotatable bonds is 3. The highest BCUT2D eigenvalue weighted by molar-refractivity contribution is 6.30. The number of carbonyl (C=O) groups is 1. The van der Waals surface area contributed by atoms with Gasteiger partial charge < -0.3 is 4.90 Å². The highest BCUT2D eigenvalue weighted by atomic mass is 35.5. The summed E-state index contributed by atoms with van der Waals surface area (Å²) in [4.78, 5) is 23.6. The van der Waals surface area contributed by atoms with Gasteiger partial charge in [0, 0.05) is 30.1 Å². The molecule has 7 heteroatoms. The van der Waals surface area contributed by atoms with Crippen molar-refractivity contribution in [2.75, 3.05) is 0 Å². The Morgan fingerprint density at radius 1 is 1.20 bits per heavy atom. The molecule has 0 saturated carbocycles. The number of benzene rings is 1. The molecule has 0 spiro atoms. The number of hydrogen-bond acceptors (Lipinski definition) is 4. The Labute approximate surface area is 150 Å². The Balaban J connectivity index is 1.54. The third-order valence-electron chi connectivity index (χ3n) is 4.32. The first-order valence-electron chi connectivity index (χ1n) is 8.00. The molecular weight excluding hydrogens is 338 g/mol. The summed E-state index contributed by atoms with van der Waals surface area (Å²) < 4.78 is 1.58. The summed E-state index contributed by atoms with van der Waals surface area (Å²) in [7, 11) is 0. The summed E-state index contributed by atoms with van der Waals surface area (Å²) in [5, 5.41) is 4.64. The summed E-state index contributed by atoms with van der Waals surface area (Å²) in [6.45, 7) is 2.81. The first-order chi connectivity index (χ1) is 12.1. The molecule has 3 aromatic rings. The van der Waals surface area contributed by atoms with Gasteiger partial charge in [0.05, 0.1) is 23.5 Å². The summed E-state index contributed by atoms with van der Waals surface area (Å²) in [6.07, 6.45) is 5.00. The van der Waals surface area contributed by atoms with Crippen LogP contribution in [0.5, 0.6) is 0 Å². The van der Waals surface area contributed by atoms with Crippen LogP contribution in [0.4, 0.5) is 0 Å². The van der Waals surface area contributed by atoms with E-state index in [2.05, 4.69) is 15.1 Å². The first-order valence-corrected chi connectivity index (χ1v) is 8.38. The molecular formula is C18H16ClN5O. The lowest BCUT2D eigenvalue weighted by Crippen LogP contribution is -2.32. The molecule has 1 amide bonds. The van der Waals surface area contributed by atoms with Crippen LogP contribution in [0.15, 0.2) is 48.9 Å². The third kappa shape index (κ3) is 3.00. The minimum atomic E-state index is -0.414. The molecule has 4 rings (SSSR count). The van der Waals surface area contributed by atoms with E-state index in [1.807, 2.05) is 43.5 Å². The zero-order valence-corrected chi connectivity index (χ0v) is 14.4. The van der Waals surface area contributed by atoms with E-state index in [9.17, 15) is 4.79 Å². The SMILES string of the molecule is C[C@H](C(=O)N1Cc2cnc(-c3ccccc3)nc2C1)n1cc(Cl)cn1. The van der Waals surface area contributed by atoms with E-state index in [-0.39, 0.29) is 5.91 Å². The fraction of sp³-hybridized carbons (Fsp3) is 0.222. The zero-order valence-electron chi connectivity index (χ0n) is 13.6. The van der Waals surface area contributed by atoms with Crippen molar-refractivity contribution in [3.05, 3.63) is 65.2 Å². The first kappa shape index (κ1) is 15.8. The molecule has 1 aliphatic heterocycles. The van der Waals surface area contributed by atoms with E-state index < -0.39 is 6.04 Å². The van der Waals surface area contributed by atoms with Gasteiger partial charge in [-0.25, -0.2) is 9.97 Å². The molecule has 6 nitrogen and oxygen atoms in total. The maximum absolute atomic E-state index is 12.8. The molecule has 1 aliphatic rings. The second-order valence-corrected chi connectivity index (χ2v) is 6.48. The molecule has 0 unspecified atom stereocenters. The Hall–Kier alpha value is -2.73. The lowest BCUT2D eigenvalue weighted by molar-refractivity contribution is -0.135. The molecule has 1 atom stereocenters. The predicted octanol–water partition coefficient (Wildman–Crippen LogP) is 3.10. The highest BCUT2D eigenvalue weighted by Crippen LogP contribution is 2.25. The minimum absolute atomic E-state index is 0.0148. The lowest BCUT2D eigenvalue weighted by atomic mass is 10.2. The standard InChI is InChI=1S/C18H16ClN5O/c1-12(24-10-15(19)8-21-24)18(25)23-9-14-7-20-17(22-16(14)11-23)13-5-3-2-4-6-13/h2-8,10,12H,9,11H2,1H3/t12-/m1/s1. The van der Waals surface area contributed by atoms with Crippen LogP contribution in [0.2, 0.25) is 5.02 Å². The van der Waals surface area contributed by atoms with Gasteiger partial charge in [-0.05, 0) is 6.92 Å². The third-order valence-corrected chi connectivity index (χ3v) is 4.52. The predicted molar refractivity (Wildman–Crippen MR) is 93.7 cm³/mol. The Bertz CT molecular complexity index is 924. The number of carbonyl (C=O) groups excluding carboxylic acids is 1. The van der Waals surface area contributed by atoms with Crippen LogP contribution >= 0.6 is 11.6 Å². The van der Waals surface area contributed by atoms with Crippen LogP contribution in [0.1, 0.15) is 24.2 Å². The summed E-state index contributed by atoms with van der Waals surface area (Å²) in [6, 6.07) is 9.41. The van der Waals surface area contributed by atoms with E-state index in [1.165, 1.54) is 6.20 Å². The van der Waals surface area contributed by atoms with Gasteiger partial charge in [0.2, 0.25) is 5.91 Å². The topological polar surface area (TPSA) is 63.9 Å². The van der Waals surface area contributed by atoms with Crippen molar-refractivity contribution in [3.63, 3.8) is 0 Å². The Kier molecular flexibility index (Phi) is 3.97.